The molecule has 1 atom stereocenters. The van der Waals surface area contributed by atoms with Crippen molar-refractivity contribution in [1.29, 1.82) is 0 Å². The van der Waals surface area contributed by atoms with Crippen LogP contribution in [-0.4, -0.2) is 11.5 Å². The van der Waals surface area contributed by atoms with E-state index in [0.29, 0.717) is 0 Å². The van der Waals surface area contributed by atoms with Crippen molar-refractivity contribution in [2.75, 3.05) is 6.54 Å². The summed E-state index contributed by atoms with van der Waals surface area (Å²) in [7, 11) is 0. The molecule has 1 N–H and O–H groups in total. The van der Waals surface area contributed by atoms with E-state index in [1.807, 2.05) is 11.3 Å². The summed E-state index contributed by atoms with van der Waals surface area (Å²) in [5, 5.41) is 4.89. The topological polar surface area (TPSA) is 24.9 Å². The highest BCUT2D eigenvalue weighted by Crippen LogP contribution is 2.35. The molecule has 1 aliphatic rings. The second-order valence-corrected chi connectivity index (χ2v) is 7.66. The van der Waals surface area contributed by atoms with E-state index in [2.05, 4.69) is 53.3 Å². The lowest BCUT2D eigenvalue weighted by molar-refractivity contribution is 0.592. The largest absolute Gasteiger partial charge is 0.304 e. The Bertz CT molecular complexity index is 614. The van der Waals surface area contributed by atoms with E-state index in [9.17, 15) is 0 Å². The lowest BCUT2D eigenvalue weighted by atomic mass is 10.1. The number of nitrogens with one attached hydrogen (secondary N) is 1. The summed E-state index contributed by atoms with van der Waals surface area (Å²) in [6.45, 7) is 5.34. The van der Waals surface area contributed by atoms with Crippen LogP contribution >= 0.6 is 27.3 Å². The quantitative estimate of drug-likeness (QED) is 0.824. The smallest absolute Gasteiger partial charge is 0.115 e. The number of benzene rings is 1. The van der Waals surface area contributed by atoms with E-state index in [0.717, 1.165) is 19.4 Å². The van der Waals surface area contributed by atoms with Gasteiger partial charge in [-0.05, 0) is 56.3 Å². The number of thiazole rings is 1. The van der Waals surface area contributed by atoms with E-state index in [-0.39, 0.29) is 6.04 Å². The first kappa shape index (κ1) is 15.2. The average molecular weight is 365 g/mol. The number of rotatable bonds is 5. The van der Waals surface area contributed by atoms with Crippen LogP contribution in [0.25, 0.3) is 0 Å². The Labute approximate surface area is 139 Å². The molecule has 112 valence electrons. The van der Waals surface area contributed by atoms with Crippen molar-refractivity contribution in [2.45, 2.75) is 45.6 Å². The Balaban J connectivity index is 1.96. The minimum Gasteiger partial charge on any atom is -0.304 e. The number of aromatic nitrogens is 1. The third-order valence-electron chi connectivity index (χ3n) is 3.92. The fourth-order valence-electron chi connectivity index (χ4n) is 2.82. The molecule has 0 saturated heterocycles. The Kier molecular flexibility index (Phi) is 4.77. The molecule has 2 nitrogen and oxygen atoms in total. The number of hydrogen-bond acceptors (Lipinski definition) is 3. The van der Waals surface area contributed by atoms with E-state index < -0.39 is 0 Å². The third-order valence-corrected chi connectivity index (χ3v) is 5.83. The van der Waals surface area contributed by atoms with Crippen molar-refractivity contribution in [3.63, 3.8) is 0 Å². The Morgan fingerprint density at radius 3 is 2.95 bits per heavy atom. The summed E-state index contributed by atoms with van der Waals surface area (Å²) in [4.78, 5) is 6.42. The first-order valence-corrected chi connectivity index (χ1v) is 9.28. The van der Waals surface area contributed by atoms with Gasteiger partial charge in [-0.2, -0.15) is 0 Å². The summed E-state index contributed by atoms with van der Waals surface area (Å²) >= 11 is 5.62. The van der Waals surface area contributed by atoms with Crippen LogP contribution in [0.1, 0.15) is 52.5 Å². The summed E-state index contributed by atoms with van der Waals surface area (Å²) < 4.78 is 1.17. The van der Waals surface area contributed by atoms with E-state index >= 15 is 0 Å². The molecule has 4 heteroatoms. The third kappa shape index (κ3) is 3.22. The predicted octanol–water partition coefficient (Wildman–Crippen LogP) is 4.79. The Morgan fingerprint density at radius 2 is 2.24 bits per heavy atom. The molecule has 21 heavy (non-hydrogen) atoms. The van der Waals surface area contributed by atoms with Gasteiger partial charge in [0.2, 0.25) is 0 Å². The van der Waals surface area contributed by atoms with Crippen molar-refractivity contribution < 1.29 is 0 Å². The first-order chi connectivity index (χ1) is 10.2. The molecule has 0 bridgehead atoms. The van der Waals surface area contributed by atoms with Gasteiger partial charge in [0.05, 0.1) is 11.7 Å². The molecule has 0 saturated carbocycles. The molecule has 0 amide bonds. The predicted molar refractivity (Wildman–Crippen MR) is 93.2 cm³/mol. The molecule has 1 aromatic carbocycles. The second-order valence-electron chi connectivity index (χ2n) is 5.69. The molecule has 2 aromatic rings. The minimum absolute atomic E-state index is 0.204. The minimum atomic E-state index is 0.204. The van der Waals surface area contributed by atoms with Crippen LogP contribution in [0.4, 0.5) is 0 Å². The maximum Gasteiger partial charge on any atom is 0.115 e. The molecule has 0 aliphatic heterocycles. The second kappa shape index (κ2) is 6.59. The lowest BCUT2D eigenvalue weighted by Gasteiger charge is -2.18. The average Bonchev–Trinajstić information content (AvgIpc) is 3.02. The van der Waals surface area contributed by atoms with Crippen molar-refractivity contribution in [3.05, 3.63) is 49.4 Å². The van der Waals surface area contributed by atoms with Crippen LogP contribution in [0.15, 0.2) is 22.7 Å². The molecule has 0 radical (unpaired) electrons. The van der Waals surface area contributed by atoms with Gasteiger partial charge >= 0.3 is 0 Å². The molecule has 0 fully saturated rings. The van der Waals surface area contributed by atoms with Crippen LogP contribution in [0.3, 0.4) is 0 Å². The fourth-order valence-corrected chi connectivity index (χ4v) is 4.79. The van der Waals surface area contributed by atoms with Gasteiger partial charge in [-0.3, -0.25) is 0 Å². The molecule has 0 spiro atoms. The van der Waals surface area contributed by atoms with Crippen molar-refractivity contribution in [3.8, 4) is 0 Å². The molecule has 1 unspecified atom stereocenters. The highest BCUT2D eigenvalue weighted by Gasteiger charge is 2.24. The highest BCUT2D eigenvalue weighted by molar-refractivity contribution is 9.10. The number of halogens is 1. The zero-order valence-electron chi connectivity index (χ0n) is 12.6. The van der Waals surface area contributed by atoms with Gasteiger partial charge in [0.1, 0.15) is 5.01 Å². The van der Waals surface area contributed by atoms with Gasteiger partial charge in [-0.1, -0.05) is 35.0 Å². The van der Waals surface area contributed by atoms with Crippen LogP contribution in [-0.2, 0) is 12.8 Å². The van der Waals surface area contributed by atoms with Crippen molar-refractivity contribution in [2.24, 2.45) is 0 Å². The van der Waals surface area contributed by atoms with Gasteiger partial charge in [0.15, 0.2) is 0 Å². The van der Waals surface area contributed by atoms with Crippen LogP contribution in [0.2, 0.25) is 0 Å². The monoisotopic (exact) mass is 364 g/mol. The van der Waals surface area contributed by atoms with E-state index in [1.165, 1.54) is 44.0 Å². The Hall–Kier alpha value is -0.710. The summed E-state index contributed by atoms with van der Waals surface area (Å²) in [5.41, 5.74) is 3.91. The van der Waals surface area contributed by atoms with Crippen LogP contribution < -0.4 is 5.32 Å². The standard InChI is InChI=1S/C17H21BrN2S/c1-3-9-19-16(12-8-7-11(2)10-13(12)18)17-20-14-5-4-6-15(14)21-17/h7-8,10,16,19H,3-6,9H2,1-2H3. The SMILES string of the molecule is CCCNC(c1nc2c(s1)CCC2)c1ccc(C)cc1Br. The maximum atomic E-state index is 4.92. The van der Waals surface area contributed by atoms with Crippen LogP contribution in [0.5, 0.6) is 0 Å². The molecule has 1 aromatic heterocycles. The molecule has 1 aliphatic carbocycles. The fraction of sp³-hybridized carbons (Fsp3) is 0.471. The van der Waals surface area contributed by atoms with E-state index in [1.54, 1.807) is 0 Å². The first-order valence-electron chi connectivity index (χ1n) is 7.67. The van der Waals surface area contributed by atoms with Crippen molar-refractivity contribution >= 4 is 27.3 Å². The number of fused-ring (bicyclic) bond motifs is 1. The zero-order chi connectivity index (χ0) is 14.8. The zero-order valence-corrected chi connectivity index (χ0v) is 15.0. The number of hydrogen-bond donors (Lipinski definition) is 1. The van der Waals surface area contributed by atoms with Gasteiger partial charge in [0.25, 0.3) is 0 Å². The maximum absolute atomic E-state index is 4.92. The van der Waals surface area contributed by atoms with Crippen LogP contribution in [0, 0.1) is 6.92 Å². The summed E-state index contributed by atoms with van der Waals surface area (Å²) in [6.07, 6.45) is 4.77. The van der Waals surface area contributed by atoms with Crippen molar-refractivity contribution in [1.82, 2.24) is 10.3 Å². The lowest BCUT2D eigenvalue weighted by Crippen LogP contribution is -2.23. The van der Waals surface area contributed by atoms with Gasteiger partial charge in [0, 0.05) is 9.35 Å². The Morgan fingerprint density at radius 1 is 1.38 bits per heavy atom. The van der Waals surface area contributed by atoms with E-state index in [4.69, 9.17) is 4.98 Å². The summed E-state index contributed by atoms with van der Waals surface area (Å²) in [5.74, 6) is 0. The summed E-state index contributed by atoms with van der Waals surface area (Å²) in [6, 6.07) is 6.80. The highest BCUT2D eigenvalue weighted by atomic mass is 79.9. The van der Waals surface area contributed by atoms with Gasteiger partial charge < -0.3 is 5.32 Å². The number of aryl methyl sites for hydroxylation is 3. The molecule has 3 rings (SSSR count). The molecular weight excluding hydrogens is 344 g/mol. The van der Waals surface area contributed by atoms with Gasteiger partial charge in [-0.25, -0.2) is 4.98 Å². The normalized spacial score (nSPS) is 15.2. The molecule has 1 heterocycles. The number of nitrogens with zero attached hydrogens (tertiary/aromatic N) is 1. The molecular formula is C17H21BrN2S. The van der Waals surface area contributed by atoms with Gasteiger partial charge in [-0.15, -0.1) is 11.3 Å².